The van der Waals surface area contributed by atoms with E-state index in [9.17, 15) is 4.79 Å². The van der Waals surface area contributed by atoms with Gasteiger partial charge in [-0.1, -0.05) is 45.7 Å². The number of carbonyl (C=O) groups is 1. The molecule has 0 aromatic heterocycles. The number of anilines is 1. The van der Waals surface area contributed by atoms with Crippen LogP contribution in [0.25, 0.3) is 0 Å². The lowest BCUT2D eigenvalue weighted by Gasteiger charge is -2.21. The zero-order valence-corrected chi connectivity index (χ0v) is 12.8. The lowest BCUT2D eigenvalue weighted by Crippen LogP contribution is -2.17. The van der Waals surface area contributed by atoms with Gasteiger partial charge >= 0.3 is 0 Å². The number of carbonyl (C=O) groups excluding carboxylic acids is 1. The summed E-state index contributed by atoms with van der Waals surface area (Å²) in [4.78, 5) is 12.7. The molecule has 2 rings (SSSR count). The monoisotopic (exact) mass is 337 g/mol. The van der Waals surface area contributed by atoms with Gasteiger partial charge in [-0.05, 0) is 29.8 Å². The van der Waals surface area contributed by atoms with Gasteiger partial charge in [0.2, 0.25) is 0 Å². The van der Waals surface area contributed by atoms with E-state index in [1.807, 2.05) is 31.3 Å². The van der Waals surface area contributed by atoms with Crippen LogP contribution in [0.5, 0.6) is 0 Å². The Labute approximate surface area is 126 Å². The highest BCUT2D eigenvalue weighted by Crippen LogP contribution is 2.28. The maximum Gasteiger partial charge on any atom is 0.150 e. The van der Waals surface area contributed by atoms with Crippen LogP contribution in [0.4, 0.5) is 5.69 Å². The number of aldehydes is 1. The smallest absolute Gasteiger partial charge is 0.150 e. The average molecular weight is 339 g/mol. The highest BCUT2D eigenvalue weighted by atomic mass is 79.9. The summed E-state index contributed by atoms with van der Waals surface area (Å²) >= 11 is 9.73. The normalized spacial score (nSPS) is 10.3. The van der Waals surface area contributed by atoms with Crippen LogP contribution in [0.15, 0.2) is 46.9 Å². The van der Waals surface area contributed by atoms with E-state index in [2.05, 4.69) is 26.9 Å². The van der Waals surface area contributed by atoms with Gasteiger partial charge in [-0.25, -0.2) is 0 Å². The Morgan fingerprint density at radius 2 is 2.00 bits per heavy atom. The molecule has 0 aliphatic heterocycles. The third-order valence-corrected chi connectivity index (χ3v) is 3.96. The fourth-order valence-electron chi connectivity index (χ4n) is 1.87. The van der Waals surface area contributed by atoms with Crippen LogP contribution in [0, 0.1) is 0 Å². The van der Waals surface area contributed by atoms with Crippen molar-refractivity contribution in [3.05, 3.63) is 63.1 Å². The Bertz CT molecular complexity index is 600. The summed E-state index contributed by atoms with van der Waals surface area (Å²) in [5, 5.41) is 0.583. The van der Waals surface area contributed by atoms with Crippen molar-refractivity contribution in [3.8, 4) is 0 Å². The Morgan fingerprint density at radius 3 is 2.63 bits per heavy atom. The van der Waals surface area contributed by atoms with Gasteiger partial charge in [0.05, 0.1) is 10.7 Å². The van der Waals surface area contributed by atoms with Crippen LogP contribution in [0.3, 0.4) is 0 Å². The first-order valence-corrected chi connectivity index (χ1v) is 6.98. The van der Waals surface area contributed by atoms with Gasteiger partial charge in [-0.2, -0.15) is 0 Å². The molecule has 2 nitrogen and oxygen atoms in total. The second-order valence-electron chi connectivity index (χ2n) is 4.28. The first kappa shape index (κ1) is 14.1. The maximum atomic E-state index is 10.7. The highest BCUT2D eigenvalue weighted by Gasteiger charge is 2.09. The zero-order chi connectivity index (χ0) is 13.8. The van der Waals surface area contributed by atoms with E-state index >= 15 is 0 Å². The average Bonchev–Trinajstić information content (AvgIpc) is 2.41. The van der Waals surface area contributed by atoms with E-state index in [-0.39, 0.29) is 0 Å². The van der Waals surface area contributed by atoms with Gasteiger partial charge in [-0.15, -0.1) is 0 Å². The van der Waals surface area contributed by atoms with Crippen LogP contribution in [-0.4, -0.2) is 13.3 Å². The molecular formula is C15H13BrClNO. The largest absolute Gasteiger partial charge is 0.369 e. The first-order chi connectivity index (χ1) is 9.11. The van der Waals surface area contributed by atoms with Crippen molar-refractivity contribution in [2.45, 2.75) is 6.54 Å². The molecule has 0 aliphatic carbocycles. The summed E-state index contributed by atoms with van der Waals surface area (Å²) in [5.74, 6) is 0. The molecule has 0 aliphatic rings. The second-order valence-corrected chi connectivity index (χ2v) is 5.54. The van der Waals surface area contributed by atoms with Crippen molar-refractivity contribution in [2.24, 2.45) is 0 Å². The van der Waals surface area contributed by atoms with Crippen LogP contribution in [-0.2, 0) is 6.54 Å². The number of hydrogen-bond donors (Lipinski definition) is 0. The minimum Gasteiger partial charge on any atom is -0.369 e. The number of nitrogens with zero attached hydrogens (tertiary/aromatic N) is 1. The summed E-state index contributed by atoms with van der Waals surface area (Å²) < 4.78 is 1.07. The molecule has 0 saturated carbocycles. The molecule has 0 amide bonds. The molecule has 0 N–H and O–H groups in total. The van der Waals surface area contributed by atoms with Crippen molar-refractivity contribution in [1.29, 1.82) is 0 Å². The molecule has 2 aromatic rings. The van der Waals surface area contributed by atoms with Crippen LogP contribution in [0.2, 0.25) is 5.02 Å². The van der Waals surface area contributed by atoms with E-state index in [1.54, 1.807) is 12.1 Å². The molecule has 0 heterocycles. The molecule has 0 bridgehead atoms. The summed E-state index contributed by atoms with van der Waals surface area (Å²) in [6, 6.07) is 13.4. The minimum atomic E-state index is 0.583. The third-order valence-electron chi connectivity index (χ3n) is 2.88. The van der Waals surface area contributed by atoms with E-state index in [0.29, 0.717) is 10.6 Å². The van der Waals surface area contributed by atoms with Gasteiger partial charge < -0.3 is 4.90 Å². The van der Waals surface area contributed by atoms with Gasteiger partial charge in [0.15, 0.2) is 0 Å². The number of halogens is 2. The molecule has 0 fully saturated rings. The highest BCUT2D eigenvalue weighted by molar-refractivity contribution is 9.10. The predicted molar refractivity (Wildman–Crippen MR) is 83.1 cm³/mol. The van der Waals surface area contributed by atoms with Crippen LogP contribution < -0.4 is 4.90 Å². The van der Waals surface area contributed by atoms with Gasteiger partial charge in [-0.3, -0.25) is 4.79 Å². The Morgan fingerprint density at radius 1 is 1.26 bits per heavy atom. The molecule has 0 spiro atoms. The molecule has 0 radical (unpaired) electrons. The van der Waals surface area contributed by atoms with Crippen molar-refractivity contribution in [1.82, 2.24) is 0 Å². The lowest BCUT2D eigenvalue weighted by molar-refractivity contribution is 0.112. The topological polar surface area (TPSA) is 20.3 Å². The minimum absolute atomic E-state index is 0.583. The summed E-state index contributed by atoms with van der Waals surface area (Å²) in [6.07, 6.45) is 0.795. The zero-order valence-electron chi connectivity index (χ0n) is 10.4. The third kappa shape index (κ3) is 3.37. The second kappa shape index (κ2) is 6.22. The number of benzene rings is 2. The van der Waals surface area contributed by atoms with Crippen LogP contribution in [0.1, 0.15) is 15.9 Å². The van der Waals surface area contributed by atoms with E-state index in [4.69, 9.17) is 11.6 Å². The standard InChI is InChI=1S/C15H13BrClNO/c1-18(9-12-4-2-3-5-13(12)16)15-7-6-11(10-19)8-14(15)17/h2-8,10H,9H2,1H3. The molecule has 0 saturated heterocycles. The summed E-state index contributed by atoms with van der Waals surface area (Å²) in [5.41, 5.74) is 2.67. The Balaban J connectivity index is 2.23. The molecule has 19 heavy (non-hydrogen) atoms. The van der Waals surface area contributed by atoms with Crippen molar-refractivity contribution >= 4 is 39.5 Å². The molecule has 4 heteroatoms. The number of rotatable bonds is 4. The van der Waals surface area contributed by atoms with E-state index < -0.39 is 0 Å². The molecule has 98 valence electrons. The summed E-state index contributed by atoms with van der Waals surface area (Å²) in [7, 11) is 1.97. The quantitative estimate of drug-likeness (QED) is 0.762. The first-order valence-electron chi connectivity index (χ1n) is 5.81. The number of hydrogen-bond acceptors (Lipinski definition) is 2. The molecular weight excluding hydrogens is 326 g/mol. The lowest BCUT2D eigenvalue weighted by atomic mass is 10.2. The van der Waals surface area contributed by atoms with Crippen molar-refractivity contribution in [3.63, 3.8) is 0 Å². The molecule has 0 atom stereocenters. The fourth-order valence-corrected chi connectivity index (χ4v) is 2.62. The van der Waals surface area contributed by atoms with E-state index in [1.165, 1.54) is 5.56 Å². The fraction of sp³-hybridized carbons (Fsp3) is 0.133. The van der Waals surface area contributed by atoms with Crippen LogP contribution >= 0.6 is 27.5 Å². The van der Waals surface area contributed by atoms with Gasteiger partial charge in [0.1, 0.15) is 6.29 Å². The Hall–Kier alpha value is -1.32. The predicted octanol–water partition coefficient (Wildman–Crippen LogP) is 4.55. The van der Waals surface area contributed by atoms with Gasteiger partial charge in [0, 0.05) is 23.6 Å². The van der Waals surface area contributed by atoms with Crippen molar-refractivity contribution in [2.75, 3.05) is 11.9 Å². The molecule has 2 aromatic carbocycles. The molecule has 0 unspecified atom stereocenters. The van der Waals surface area contributed by atoms with Crippen molar-refractivity contribution < 1.29 is 4.79 Å². The van der Waals surface area contributed by atoms with E-state index in [0.717, 1.165) is 23.0 Å². The maximum absolute atomic E-state index is 10.7. The summed E-state index contributed by atoms with van der Waals surface area (Å²) in [6.45, 7) is 0.738. The Kier molecular flexibility index (Phi) is 4.61. The van der Waals surface area contributed by atoms with Gasteiger partial charge in [0.25, 0.3) is 0 Å². The SMILES string of the molecule is CN(Cc1ccccc1Br)c1ccc(C=O)cc1Cl.